The van der Waals surface area contributed by atoms with Crippen molar-refractivity contribution < 1.29 is 38.0 Å². The maximum absolute atomic E-state index is 12.2. The van der Waals surface area contributed by atoms with Crippen LogP contribution in [0.2, 0.25) is 0 Å². The Labute approximate surface area is 138 Å². The smallest absolute Gasteiger partial charge is 0.492 e. The van der Waals surface area contributed by atoms with Crippen molar-refractivity contribution in [2.24, 2.45) is 0 Å². The van der Waals surface area contributed by atoms with Crippen LogP contribution in [0.1, 0.15) is 6.92 Å². The topological polar surface area (TPSA) is 140 Å². The van der Waals surface area contributed by atoms with Gasteiger partial charge in [0.05, 0.1) is 26.2 Å². The van der Waals surface area contributed by atoms with E-state index in [-0.39, 0.29) is 13.1 Å². The Hall–Kier alpha value is -2.63. The third kappa shape index (κ3) is 6.24. The number of hydrogen-bond donors (Lipinski definition) is 2. The molecule has 1 fully saturated rings. The van der Waals surface area contributed by atoms with E-state index in [2.05, 4.69) is 15.4 Å². The number of alkyl carbamates (subject to hydrolysis) is 1. The van der Waals surface area contributed by atoms with E-state index in [1.54, 1.807) is 0 Å². The van der Waals surface area contributed by atoms with Gasteiger partial charge in [-0.2, -0.15) is 0 Å². The Bertz CT molecular complexity index is 520. The normalized spacial score (nSPS) is 16.9. The van der Waals surface area contributed by atoms with Gasteiger partial charge in [-0.3, -0.25) is 24.1 Å². The van der Waals surface area contributed by atoms with Crippen LogP contribution < -0.4 is 10.6 Å². The van der Waals surface area contributed by atoms with Gasteiger partial charge in [0.15, 0.2) is 0 Å². The van der Waals surface area contributed by atoms with E-state index in [1.807, 2.05) is 0 Å². The quantitative estimate of drug-likeness (QED) is 0.517. The molecule has 0 aromatic rings. The first-order valence-corrected chi connectivity index (χ1v) is 6.95. The highest BCUT2D eigenvalue weighted by atomic mass is 16.6. The fourth-order valence-electron chi connectivity index (χ4n) is 1.74. The van der Waals surface area contributed by atoms with Gasteiger partial charge >= 0.3 is 25.2 Å². The Morgan fingerprint density at radius 2 is 1.79 bits per heavy atom. The average molecular weight is 343 g/mol. The number of ether oxygens (including phenoxy) is 1. The lowest BCUT2D eigenvalue weighted by atomic mass is 9.78. The summed E-state index contributed by atoms with van der Waals surface area (Å²) >= 11 is 0. The molecule has 0 radical (unpaired) electrons. The molecular formula is C12H18BN3O8. The van der Waals surface area contributed by atoms with E-state index >= 15 is 0 Å². The molecule has 0 spiro atoms. The SMILES string of the molecule is COC(=O)NCC(=O)N[C@@H](C)C(=O)B1OC(=O)CN(C)CC(=O)O1. The molecule has 132 valence electrons. The summed E-state index contributed by atoms with van der Waals surface area (Å²) in [7, 11) is 0.915. The number of nitrogens with zero attached hydrogens (tertiary/aromatic N) is 1. The summed E-state index contributed by atoms with van der Waals surface area (Å²) in [6, 6.07) is -1.11. The Balaban J connectivity index is 2.59. The van der Waals surface area contributed by atoms with Gasteiger partial charge < -0.3 is 24.7 Å². The van der Waals surface area contributed by atoms with E-state index in [9.17, 15) is 24.0 Å². The summed E-state index contributed by atoms with van der Waals surface area (Å²) in [5.41, 5.74) is -0.812. The molecule has 1 rings (SSSR count). The lowest BCUT2D eigenvalue weighted by molar-refractivity contribution is -0.147. The van der Waals surface area contributed by atoms with Crippen LogP contribution in [0.4, 0.5) is 4.79 Å². The maximum Gasteiger partial charge on any atom is 0.677 e. The van der Waals surface area contributed by atoms with E-state index in [0.29, 0.717) is 0 Å². The van der Waals surface area contributed by atoms with Crippen molar-refractivity contribution in [1.82, 2.24) is 15.5 Å². The molecule has 24 heavy (non-hydrogen) atoms. The van der Waals surface area contributed by atoms with Gasteiger partial charge in [-0.05, 0) is 14.0 Å². The lowest BCUT2D eigenvalue weighted by Gasteiger charge is -2.23. The summed E-state index contributed by atoms with van der Waals surface area (Å²) in [5, 5.41) is 4.41. The van der Waals surface area contributed by atoms with Crippen molar-refractivity contribution in [2.45, 2.75) is 13.0 Å². The van der Waals surface area contributed by atoms with Crippen LogP contribution in [0.25, 0.3) is 0 Å². The largest absolute Gasteiger partial charge is 0.677 e. The van der Waals surface area contributed by atoms with Gasteiger partial charge in [0.1, 0.15) is 6.54 Å². The molecule has 1 aliphatic heterocycles. The fraction of sp³-hybridized carbons (Fsp3) is 0.583. The summed E-state index contributed by atoms with van der Waals surface area (Å²) in [5.74, 6) is -2.16. The lowest BCUT2D eigenvalue weighted by Crippen LogP contribution is -2.53. The van der Waals surface area contributed by atoms with Crippen molar-refractivity contribution in [3.8, 4) is 0 Å². The number of amides is 2. The first kappa shape index (κ1) is 19.4. The number of rotatable bonds is 5. The predicted octanol–water partition coefficient (Wildman–Crippen LogP) is -2.52. The van der Waals surface area contributed by atoms with Crippen molar-refractivity contribution in [3.63, 3.8) is 0 Å². The van der Waals surface area contributed by atoms with Gasteiger partial charge in [-0.25, -0.2) is 4.79 Å². The number of hydrogen-bond acceptors (Lipinski definition) is 9. The molecule has 0 aliphatic carbocycles. The second-order valence-corrected chi connectivity index (χ2v) is 5.02. The highest BCUT2D eigenvalue weighted by molar-refractivity contribution is 6.83. The molecule has 0 bridgehead atoms. The van der Waals surface area contributed by atoms with Crippen LogP contribution in [-0.4, -0.2) is 81.5 Å². The highest BCUT2D eigenvalue weighted by Crippen LogP contribution is 2.03. The van der Waals surface area contributed by atoms with Crippen molar-refractivity contribution in [2.75, 3.05) is 33.8 Å². The van der Waals surface area contributed by atoms with Gasteiger partial charge in [0, 0.05) is 0 Å². The number of nitrogens with one attached hydrogen (secondary N) is 2. The third-order valence-corrected chi connectivity index (χ3v) is 2.89. The predicted molar refractivity (Wildman–Crippen MR) is 78.5 cm³/mol. The first-order chi connectivity index (χ1) is 11.2. The minimum Gasteiger partial charge on any atom is -0.492 e. The van der Waals surface area contributed by atoms with Gasteiger partial charge in [-0.15, -0.1) is 0 Å². The zero-order chi connectivity index (χ0) is 18.3. The summed E-state index contributed by atoms with van der Waals surface area (Å²) in [6.45, 7) is 0.551. The molecule has 1 saturated heterocycles. The molecular weight excluding hydrogens is 325 g/mol. The second kappa shape index (κ2) is 8.86. The fourth-order valence-corrected chi connectivity index (χ4v) is 1.74. The van der Waals surface area contributed by atoms with E-state index in [4.69, 9.17) is 9.31 Å². The van der Waals surface area contributed by atoms with Crippen molar-refractivity contribution >= 4 is 36.7 Å². The van der Waals surface area contributed by atoms with Gasteiger partial charge in [0.2, 0.25) is 11.6 Å². The highest BCUT2D eigenvalue weighted by Gasteiger charge is 2.42. The standard InChI is InChI=1S/C12H18BN3O8/c1-7(15-8(17)4-14-12(21)22-3)11(20)13-23-9(18)5-16(2)6-10(19)24-13/h7H,4-6H2,1-3H3,(H,14,21)(H,15,17)/t7-/m0/s1. The van der Waals surface area contributed by atoms with Crippen LogP contribution in [0, 0.1) is 0 Å². The third-order valence-electron chi connectivity index (χ3n) is 2.89. The Morgan fingerprint density at radius 3 is 2.29 bits per heavy atom. The summed E-state index contributed by atoms with van der Waals surface area (Å²) in [4.78, 5) is 59.1. The van der Waals surface area contributed by atoms with E-state index < -0.39 is 49.3 Å². The van der Waals surface area contributed by atoms with Gasteiger partial charge in [-0.1, -0.05) is 0 Å². The van der Waals surface area contributed by atoms with Crippen LogP contribution in [0.15, 0.2) is 0 Å². The molecule has 0 aromatic carbocycles. The Morgan fingerprint density at radius 1 is 1.25 bits per heavy atom. The average Bonchev–Trinajstić information content (AvgIpc) is 2.49. The van der Waals surface area contributed by atoms with Crippen LogP contribution in [0.3, 0.4) is 0 Å². The molecule has 1 aliphatic rings. The van der Waals surface area contributed by atoms with Crippen LogP contribution in [0.5, 0.6) is 0 Å². The van der Waals surface area contributed by atoms with Crippen molar-refractivity contribution in [1.29, 1.82) is 0 Å². The number of likely N-dealkylation sites (N-methyl/N-ethyl adjacent to an activating group) is 1. The zero-order valence-corrected chi connectivity index (χ0v) is 13.5. The molecule has 11 nitrogen and oxygen atoms in total. The van der Waals surface area contributed by atoms with E-state index in [1.165, 1.54) is 18.9 Å². The summed E-state index contributed by atoms with van der Waals surface area (Å²) < 4.78 is 13.9. The zero-order valence-electron chi connectivity index (χ0n) is 13.5. The molecule has 0 saturated carbocycles. The van der Waals surface area contributed by atoms with Crippen molar-refractivity contribution in [3.05, 3.63) is 0 Å². The number of carbonyl (C=O) groups excluding carboxylic acids is 5. The van der Waals surface area contributed by atoms with Crippen LogP contribution >= 0.6 is 0 Å². The number of carbonyl (C=O) groups is 5. The maximum atomic E-state index is 12.2. The monoisotopic (exact) mass is 343 g/mol. The van der Waals surface area contributed by atoms with E-state index in [0.717, 1.165) is 7.11 Å². The molecule has 1 heterocycles. The molecule has 1 atom stereocenters. The minimum absolute atomic E-state index is 0.178. The molecule has 2 N–H and O–H groups in total. The summed E-state index contributed by atoms with van der Waals surface area (Å²) in [6.07, 6.45) is -0.809. The Kier molecular flexibility index (Phi) is 7.17. The molecule has 0 aromatic heterocycles. The minimum atomic E-state index is -1.73. The number of methoxy groups -OCH3 is 1. The van der Waals surface area contributed by atoms with Gasteiger partial charge in [0.25, 0.3) is 0 Å². The molecule has 0 unspecified atom stereocenters. The molecule has 12 heteroatoms. The van der Waals surface area contributed by atoms with Crippen LogP contribution in [-0.2, 0) is 33.2 Å². The first-order valence-electron chi connectivity index (χ1n) is 6.95. The second-order valence-electron chi connectivity index (χ2n) is 5.02. The molecule has 2 amide bonds.